The van der Waals surface area contributed by atoms with Gasteiger partial charge in [-0.3, -0.25) is 0 Å². The Hall–Kier alpha value is -0.435. The molecule has 3 heteroatoms. The van der Waals surface area contributed by atoms with Gasteiger partial charge >= 0.3 is 0 Å². The first-order valence-corrected chi connectivity index (χ1v) is 4.00. The quantitative estimate of drug-likeness (QED) is 0.675. The van der Waals surface area contributed by atoms with Crippen molar-refractivity contribution in [3.8, 4) is 5.75 Å². The predicted octanol–water partition coefficient (Wildman–Crippen LogP) is 1.26. The molecule has 1 rings (SSSR count). The summed E-state index contributed by atoms with van der Waals surface area (Å²) in [6, 6.07) is 5.45. The summed E-state index contributed by atoms with van der Waals surface area (Å²) in [5.74, 6) is 0.325. The normalized spacial score (nSPS) is 9.40. The molecular weight excluding hydrogens is 191 g/mol. The number of aromatic hydroxyl groups is 1. The van der Waals surface area contributed by atoms with E-state index in [4.69, 9.17) is 5.11 Å². The largest absolute Gasteiger partial charge is 0.508 e. The molecule has 0 heterocycles. The van der Waals surface area contributed by atoms with Gasteiger partial charge in [0.05, 0.1) is 0 Å². The molecule has 1 aromatic rings. The Balaban J connectivity index is 3.06. The molecule has 0 aliphatic carbocycles. The van der Waals surface area contributed by atoms with Crippen molar-refractivity contribution >= 4 is 28.7 Å². The van der Waals surface area contributed by atoms with Crippen LogP contribution >= 0.6 is 15.9 Å². The van der Waals surface area contributed by atoms with Crippen molar-refractivity contribution in [2.45, 2.75) is 6.82 Å². The highest BCUT2D eigenvalue weighted by atomic mass is 79.9. The molecule has 10 heavy (non-hydrogen) atoms. The van der Waals surface area contributed by atoms with Crippen molar-refractivity contribution < 1.29 is 5.11 Å². The Morgan fingerprint density at radius 3 is 2.60 bits per heavy atom. The Morgan fingerprint density at radius 2 is 2.10 bits per heavy atom. The van der Waals surface area contributed by atoms with Gasteiger partial charge in [-0.2, -0.15) is 0 Å². The van der Waals surface area contributed by atoms with Gasteiger partial charge in [-0.15, -0.1) is 0 Å². The smallest absolute Gasteiger partial charge is 0.154 e. The molecule has 1 aromatic carbocycles. The van der Waals surface area contributed by atoms with Crippen molar-refractivity contribution in [3.05, 3.63) is 22.7 Å². The number of halogens is 1. The van der Waals surface area contributed by atoms with Gasteiger partial charge in [0.15, 0.2) is 7.28 Å². The molecule has 0 aliphatic heterocycles. The fraction of sp³-hybridized carbons (Fsp3) is 0.143. The first kappa shape index (κ1) is 7.67. The highest BCUT2D eigenvalue weighted by Gasteiger charge is 1.95. The molecule has 0 aliphatic rings. The SMILES string of the molecule is CBc1cc(O)cc(Br)c1. The lowest BCUT2D eigenvalue weighted by atomic mass is 9.73. The van der Waals surface area contributed by atoms with Crippen LogP contribution in [0.4, 0.5) is 0 Å². The molecule has 0 bridgehead atoms. The van der Waals surface area contributed by atoms with Crippen LogP contribution in [0.3, 0.4) is 0 Å². The topological polar surface area (TPSA) is 20.2 Å². The van der Waals surface area contributed by atoms with E-state index in [2.05, 4.69) is 22.8 Å². The van der Waals surface area contributed by atoms with Gasteiger partial charge in [0.1, 0.15) is 5.75 Å². The molecule has 0 amide bonds. The summed E-state index contributed by atoms with van der Waals surface area (Å²) >= 11 is 3.29. The third-order valence-electron chi connectivity index (χ3n) is 1.35. The number of hydrogen-bond donors (Lipinski definition) is 1. The summed E-state index contributed by atoms with van der Waals surface area (Å²) in [6.45, 7) is 2.06. The zero-order chi connectivity index (χ0) is 7.56. The van der Waals surface area contributed by atoms with Crippen LogP contribution in [0.15, 0.2) is 22.7 Å². The molecule has 1 nitrogen and oxygen atoms in total. The van der Waals surface area contributed by atoms with E-state index in [-0.39, 0.29) is 0 Å². The van der Waals surface area contributed by atoms with Gasteiger partial charge < -0.3 is 5.11 Å². The number of rotatable bonds is 1. The molecule has 0 saturated heterocycles. The third kappa shape index (κ3) is 1.77. The lowest BCUT2D eigenvalue weighted by Crippen LogP contribution is -2.08. The van der Waals surface area contributed by atoms with Gasteiger partial charge in [-0.05, 0) is 12.1 Å². The molecule has 0 aromatic heterocycles. The summed E-state index contributed by atoms with van der Waals surface area (Å²) in [5, 5.41) is 9.10. The second-order valence-electron chi connectivity index (χ2n) is 2.17. The lowest BCUT2D eigenvalue weighted by Gasteiger charge is -1.97. The zero-order valence-electron chi connectivity index (χ0n) is 5.76. The summed E-state index contributed by atoms with van der Waals surface area (Å²) in [7, 11) is 0.951. The number of benzene rings is 1. The van der Waals surface area contributed by atoms with Crippen LogP contribution < -0.4 is 5.46 Å². The van der Waals surface area contributed by atoms with Crippen molar-refractivity contribution in [2.75, 3.05) is 0 Å². The monoisotopic (exact) mass is 198 g/mol. The maximum absolute atomic E-state index is 9.10. The van der Waals surface area contributed by atoms with E-state index >= 15 is 0 Å². The molecule has 0 unspecified atom stereocenters. The number of phenols is 1. The molecule has 0 fully saturated rings. The van der Waals surface area contributed by atoms with Crippen LogP contribution in [0, 0.1) is 0 Å². The maximum Gasteiger partial charge on any atom is 0.154 e. The summed E-state index contributed by atoms with van der Waals surface area (Å²) < 4.78 is 0.935. The van der Waals surface area contributed by atoms with Gasteiger partial charge in [0.25, 0.3) is 0 Å². The Labute approximate surface area is 69.4 Å². The second kappa shape index (κ2) is 3.10. The van der Waals surface area contributed by atoms with Crippen LogP contribution in [-0.4, -0.2) is 12.4 Å². The van der Waals surface area contributed by atoms with Gasteiger partial charge in [0, 0.05) is 4.47 Å². The minimum Gasteiger partial charge on any atom is -0.508 e. The molecule has 0 atom stereocenters. The second-order valence-corrected chi connectivity index (χ2v) is 3.09. The summed E-state index contributed by atoms with van der Waals surface area (Å²) in [5.41, 5.74) is 1.15. The first-order chi connectivity index (χ1) is 4.72. The fourth-order valence-electron chi connectivity index (χ4n) is 0.837. The van der Waals surface area contributed by atoms with Gasteiger partial charge in [0.2, 0.25) is 0 Å². The maximum atomic E-state index is 9.10. The van der Waals surface area contributed by atoms with Crippen LogP contribution in [0.2, 0.25) is 6.82 Å². The van der Waals surface area contributed by atoms with E-state index in [0.717, 1.165) is 17.2 Å². The fourth-order valence-corrected chi connectivity index (χ4v) is 1.37. The Kier molecular flexibility index (Phi) is 2.38. The Morgan fingerprint density at radius 1 is 1.40 bits per heavy atom. The Bertz CT molecular complexity index is 217. The summed E-state index contributed by atoms with van der Waals surface area (Å²) in [4.78, 5) is 0. The molecule has 0 radical (unpaired) electrons. The summed E-state index contributed by atoms with van der Waals surface area (Å²) in [6.07, 6.45) is 0. The minimum atomic E-state index is 0.325. The molecular formula is C7H8BBrO. The average Bonchev–Trinajstić information content (AvgIpc) is 1.85. The predicted molar refractivity (Wildman–Crippen MR) is 48.5 cm³/mol. The van der Waals surface area contributed by atoms with E-state index in [1.54, 1.807) is 12.1 Å². The highest BCUT2D eigenvalue weighted by molar-refractivity contribution is 9.10. The third-order valence-corrected chi connectivity index (χ3v) is 1.81. The van der Waals surface area contributed by atoms with Crippen molar-refractivity contribution in [2.24, 2.45) is 0 Å². The average molecular weight is 199 g/mol. The highest BCUT2D eigenvalue weighted by Crippen LogP contribution is 2.14. The molecule has 1 N–H and O–H groups in total. The van der Waals surface area contributed by atoms with Gasteiger partial charge in [-0.25, -0.2) is 0 Å². The first-order valence-electron chi connectivity index (χ1n) is 3.21. The van der Waals surface area contributed by atoms with Crippen molar-refractivity contribution in [1.29, 1.82) is 0 Å². The van der Waals surface area contributed by atoms with Gasteiger partial charge in [-0.1, -0.05) is 34.3 Å². The van der Waals surface area contributed by atoms with Crippen LogP contribution in [0.1, 0.15) is 0 Å². The molecule has 0 spiro atoms. The minimum absolute atomic E-state index is 0.325. The van der Waals surface area contributed by atoms with Crippen molar-refractivity contribution in [1.82, 2.24) is 0 Å². The van der Waals surface area contributed by atoms with Crippen LogP contribution in [-0.2, 0) is 0 Å². The van der Waals surface area contributed by atoms with E-state index in [9.17, 15) is 0 Å². The molecule has 0 saturated carbocycles. The van der Waals surface area contributed by atoms with Crippen molar-refractivity contribution in [3.63, 3.8) is 0 Å². The standard InChI is InChI=1S/C7H8BBrO/c1-8-5-2-6(9)4-7(10)3-5/h2-4,8,10H,1H3. The van der Waals surface area contributed by atoms with E-state index in [1.165, 1.54) is 0 Å². The zero-order valence-corrected chi connectivity index (χ0v) is 7.35. The van der Waals surface area contributed by atoms with Crippen LogP contribution in [0.25, 0.3) is 0 Å². The lowest BCUT2D eigenvalue weighted by molar-refractivity contribution is 0.475. The number of phenolic OH excluding ortho intramolecular Hbond substituents is 1. The van der Waals surface area contributed by atoms with E-state index < -0.39 is 0 Å². The van der Waals surface area contributed by atoms with Crippen LogP contribution in [0.5, 0.6) is 5.75 Å². The van der Waals surface area contributed by atoms with E-state index in [0.29, 0.717) is 5.75 Å². The molecule has 52 valence electrons. The van der Waals surface area contributed by atoms with E-state index in [1.807, 2.05) is 6.07 Å². The number of hydrogen-bond acceptors (Lipinski definition) is 1.